The van der Waals surface area contributed by atoms with Crippen LogP contribution in [0.25, 0.3) is 0 Å². The van der Waals surface area contributed by atoms with Gasteiger partial charge in [-0.25, -0.2) is 8.42 Å². The maximum Gasteiger partial charge on any atom is 0.244 e. The fourth-order valence-corrected chi connectivity index (χ4v) is 4.26. The molecule has 8 heteroatoms. The predicted molar refractivity (Wildman–Crippen MR) is 123 cm³/mol. The van der Waals surface area contributed by atoms with E-state index in [1.807, 2.05) is 37.3 Å². The van der Waals surface area contributed by atoms with Gasteiger partial charge in [-0.1, -0.05) is 48.0 Å². The second kappa shape index (κ2) is 10.4. The Morgan fingerprint density at radius 1 is 1.06 bits per heavy atom. The lowest BCUT2D eigenvalue weighted by Crippen LogP contribution is -2.51. The number of hydrogen-bond acceptors (Lipinski definition) is 4. The van der Waals surface area contributed by atoms with Crippen molar-refractivity contribution in [3.05, 3.63) is 65.2 Å². The van der Waals surface area contributed by atoms with E-state index in [2.05, 4.69) is 5.32 Å². The molecule has 0 fully saturated rings. The molecule has 2 aromatic carbocycles. The average Bonchev–Trinajstić information content (AvgIpc) is 2.69. The zero-order valence-corrected chi connectivity index (χ0v) is 19.6. The summed E-state index contributed by atoms with van der Waals surface area (Å²) in [5.74, 6) is -0.737. The van der Waals surface area contributed by atoms with Gasteiger partial charge in [0.15, 0.2) is 0 Å². The van der Waals surface area contributed by atoms with Gasteiger partial charge in [-0.3, -0.25) is 13.9 Å². The summed E-state index contributed by atoms with van der Waals surface area (Å²) in [4.78, 5) is 27.3. The standard InChI is InChI=1S/C23H31N3O4S/c1-6-24-23(28)19(4)25(15-20-12-9-10-17(2)14-20)22(27)16-26(31(5,29)30)21-13-8-7-11-18(21)3/h7-14,19H,6,15-16H2,1-5H3,(H,24,28)/t19-/m1/s1. The minimum atomic E-state index is -3.72. The third-order valence-electron chi connectivity index (χ3n) is 5.02. The first-order valence-corrected chi connectivity index (χ1v) is 12.1. The number of aryl methyl sites for hydroxylation is 2. The van der Waals surface area contributed by atoms with Crippen LogP contribution in [-0.4, -0.2) is 50.5 Å². The first-order chi connectivity index (χ1) is 14.5. The largest absolute Gasteiger partial charge is 0.355 e. The molecule has 0 bridgehead atoms. The quantitative estimate of drug-likeness (QED) is 0.643. The molecule has 0 aliphatic carbocycles. The molecule has 0 spiro atoms. The molecular weight excluding hydrogens is 414 g/mol. The highest BCUT2D eigenvalue weighted by Crippen LogP contribution is 2.23. The third kappa shape index (κ3) is 6.55. The molecule has 2 amide bonds. The molecule has 0 aliphatic heterocycles. The molecular formula is C23H31N3O4S. The van der Waals surface area contributed by atoms with Crippen molar-refractivity contribution in [3.63, 3.8) is 0 Å². The van der Waals surface area contributed by atoms with Crippen LogP contribution in [0.4, 0.5) is 5.69 Å². The molecule has 0 saturated carbocycles. The maximum absolute atomic E-state index is 13.4. The average molecular weight is 446 g/mol. The number of carbonyl (C=O) groups excluding carboxylic acids is 2. The highest BCUT2D eigenvalue weighted by molar-refractivity contribution is 7.92. The number of rotatable bonds is 9. The number of hydrogen-bond donors (Lipinski definition) is 1. The molecule has 7 nitrogen and oxygen atoms in total. The van der Waals surface area contributed by atoms with E-state index < -0.39 is 22.0 Å². The highest BCUT2D eigenvalue weighted by atomic mass is 32.2. The van der Waals surface area contributed by atoms with Crippen molar-refractivity contribution >= 4 is 27.5 Å². The van der Waals surface area contributed by atoms with Crippen molar-refractivity contribution in [1.29, 1.82) is 0 Å². The van der Waals surface area contributed by atoms with Crippen molar-refractivity contribution in [2.75, 3.05) is 23.7 Å². The van der Waals surface area contributed by atoms with E-state index in [0.29, 0.717) is 12.2 Å². The number of para-hydroxylation sites is 1. The highest BCUT2D eigenvalue weighted by Gasteiger charge is 2.30. The van der Waals surface area contributed by atoms with Crippen LogP contribution in [-0.2, 0) is 26.2 Å². The number of likely N-dealkylation sites (N-methyl/N-ethyl adjacent to an activating group) is 1. The van der Waals surface area contributed by atoms with Crippen LogP contribution in [0.5, 0.6) is 0 Å². The van der Waals surface area contributed by atoms with Crippen molar-refractivity contribution in [2.24, 2.45) is 0 Å². The smallest absolute Gasteiger partial charge is 0.244 e. The van der Waals surface area contributed by atoms with E-state index in [4.69, 9.17) is 0 Å². The number of carbonyl (C=O) groups is 2. The zero-order chi connectivity index (χ0) is 23.2. The Bertz CT molecular complexity index is 1040. The van der Waals surface area contributed by atoms with E-state index in [-0.39, 0.29) is 19.0 Å². The molecule has 0 saturated heterocycles. The lowest BCUT2D eigenvalue weighted by atomic mass is 10.1. The Kier molecular flexibility index (Phi) is 8.21. The normalized spacial score (nSPS) is 12.2. The number of amides is 2. The summed E-state index contributed by atoms with van der Waals surface area (Å²) < 4.78 is 26.2. The maximum atomic E-state index is 13.4. The Hall–Kier alpha value is -2.87. The topological polar surface area (TPSA) is 86.8 Å². The van der Waals surface area contributed by atoms with Gasteiger partial charge in [0.05, 0.1) is 11.9 Å². The van der Waals surface area contributed by atoms with Crippen molar-refractivity contribution < 1.29 is 18.0 Å². The van der Waals surface area contributed by atoms with Gasteiger partial charge in [0, 0.05) is 13.1 Å². The SMILES string of the molecule is CCNC(=O)[C@@H](C)N(Cc1cccc(C)c1)C(=O)CN(c1ccccc1C)S(C)(=O)=O. The van der Waals surface area contributed by atoms with Crippen molar-refractivity contribution in [3.8, 4) is 0 Å². The second-order valence-corrected chi connectivity index (χ2v) is 9.54. The molecule has 0 heterocycles. The van der Waals surface area contributed by atoms with Crippen LogP contribution in [0.3, 0.4) is 0 Å². The summed E-state index contributed by atoms with van der Waals surface area (Å²) in [5.41, 5.74) is 3.08. The summed E-state index contributed by atoms with van der Waals surface area (Å²) in [6, 6.07) is 13.9. The van der Waals surface area contributed by atoms with E-state index >= 15 is 0 Å². The number of nitrogens with one attached hydrogen (secondary N) is 1. The summed E-state index contributed by atoms with van der Waals surface area (Å²) in [6.45, 7) is 7.45. The number of benzene rings is 2. The minimum absolute atomic E-state index is 0.199. The van der Waals surface area contributed by atoms with Gasteiger partial charge in [-0.2, -0.15) is 0 Å². The van der Waals surface area contributed by atoms with Crippen LogP contribution >= 0.6 is 0 Å². The van der Waals surface area contributed by atoms with Gasteiger partial charge < -0.3 is 10.2 Å². The fraction of sp³-hybridized carbons (Fsp3) is 0.391. The second-order valence-electron chi connectivity index (χ2n) is 7.64. The monoisotopic (exact) mass is 445 g/mol. The molecule has 2 rings (SSSR count). The first-order valence-electron chi connectivity index (χ1n) is 10.2. The molecule has 0 unspecified atom stereocenters. The molecule has 0 aliphatic rings. The summed E-state index contributed by atoms with van der Waals surface area (Å²) in [7, 11) is -3.72. The van der Waals surface area contributed by atoms with Gasteiger partial charge in [0.25, 0.3) is 0 Å². The Labute approximate surface area is 185 Å². The molecule has 2 aromatic rings. The van der Waals surface area contributed by atoms with Gasteiger partial charge in [0.2, 0.25) is 21.8 Å². The number of sulfonamides is 1. The number of anilines is 1. The van der Waals surface area contributed by atoms with Crippen LogP contribution < -0.4 is 9.62 Å². The van der Waals surface area contributed by atoms with Crippen LogP contribution in [0.15, 0.2) is 48.5 Å². The predicted octanol–water partition coefficient (Wildman–Crippen LogP) is 2.62. The van der Waals surface area contributed by atoms with Crippen LogP contribution in [0.1, 0.15) is 30.5 Å². The molecule has 168 valence electrons. The molecule has 0 radical (unpaired) electrons. The Balaban J connectivity index is 2.40. The molecule has 31 heavy (non-hydrogen) atoms. The fourth-order valence-electron chi connectivity index (χ4n) is 3.35. The summed E-state index contributed by atoms with van der Waals surface area (Å²) in [5, 5.41) is 2.74. The van der Waals surface area contributed by atoms with Crippen LogP contribution in [0.2, 0.25) is 0 Å². The lowest BCUT2D eigenvalue weighted by molar-refractivity contribution is -0.139. The lowest BCUT2D eigenvalue weighted by Gasteiger charge is -2.31. The minimum Gasteiger partial charge on any atom is -0.355 e. The van der Waals surface area contributed by atoms with Crippen molar-refractivity contribution in [2.45, 2.75) is 40.3 Å². The third-order valence-corrected chi connectivity index (χ3v) is 6.14. The van der Waals surface area contributed by atoms with Crippen molar-refractivity contribution in [1.82, 2.24) is 10.2 Å². The van der Waals surface area contributed by atoms with Crippen LogP contribution in [0, 0.1) is 13.8 Å². The molecule has 1 N–H and O–H groups in total. The first kappa shape index (κ1) is 24.4. The summed E-state index contributed by atoms with van der Waals surface area (Å²) >= 11 is 0. The van der Waals surface area contributed by atoms with E-state index in [1.165, 1.54) is 4.90 Å². The van der Waals surface area contributed by atoms with Gasteiger partial charge in [-0.05, 0) is 44.9 Å². The number of nitrogens with zero attached hydrogens (tertiary/aromatic N) is 2. The zero-order valence-electron chi connectivity index (χ0n) is 18.8. The Morgan fingerprint density at radius 2 is 1.74 bits per heavy atom. The van der Waals surface area contributed by atoms with Gasteiger partial charge >= 0.3 is 0 Å². The van der Waals surface area contributed by atoms with E-state index in [9.17, 15) is 18.0 Å². The van der Waals surface area contributed by atoms with Gasteiger partial charge in [-0.15, -0.1) is 0 Å². The van der Waals surface area contributed by atoms with Gasteiger partial charge in [0.1, 0.15) is 12.6 Å². The Morgan fingerprint density at radius 3 is 2.32 bits per heavy atom. The summed E-state index contributed by atoms with van der Waals surface area (Å²) in [6.07, 6.45) is 1.07. The van der Waals surface area contributed by atoms with E-state index in [1.54, 1.807) is 39.0 Å². The molecule has 0 aromatic heterocycles. The molecule has 1 atom stereocenters. The van der Waals surface area contributed by atoms with E-state index in [0.717, 1.165) is 27.3 Å².